The molecule has 0 aliphatic heterocycles. The average Bonchev–Trinajstić information content (AvgIpc) is 3.12. The van der Waals surface area contributed by atoms with E-state index in [1.807, 2.05) is 49.4 Å². The molecule has 28 heavy (non-hydrogen) atoms. The summed E-state index contributed by atoms with van der Waals surface area (Å²) in [4.78, 5) is 17.5. The third-order valence-electron chi connectivity index (χ3n) is 4.22. The first-order chi connectivity index (χ1) is 13.6. The Hall–Kier alpha value is -3.44. The van der Waals surface area contributed by atoms with Crippen molar-refractivity contribution in [2.45, 2.75) is 6.92 Å². The minimum absolute atomic E-state index is 0.326. The molecule has 138 valence electrons. The Kier molecular flexibility index (Phi) is 4.91. The number of carbonyl (C=O) groups excluding carboxylic acids is 1. The molecule has 0 radical (unpaired) electrons. The number of halogens is 1. The number of amides is 1. The van der Waals surface area contributed by atoms with Crippen molar-refractivity contribution in [2.24, 2.45) is 5.10 Å². The molecule has 4 aromatic rings. The molecule has 5 nitrogen and oxygen atoms in total. The number of fused-ring (bicyclic) bond motifs is 1. The summed E-state index contributed by atoms with van der Waals surface area (Å²) < 4.78 is 5.41. The van der Waals surface area contributed by atoms with Crippen molar-refractivity contribution < 1.29 is 9.21 Å². The van der Waals surface area contributed by atoms with E-state index in [9.17, 15) is 4.79 Å². The molecular weight excluding hydrogens is 374 g/mol. The largest absolute Gasteiger partial charge is 0.460 e. The molecule has 1 N–H and O–H groups in total. The number of furan rings is 1. The number of aromatic nitrogens is 1. The zero-order valence-electron chi connectivity index (χ0n) is 15.0. The predicted molar refractivity (Wildman–Crippen MR) is 111 cm³/mol. The quantitative estimate of drug-likeness (QED) is 0.384. The Balaban J connectivity index is 1.69. The van der Waals surface area contributed by atoms with Gasteiger partial charge in [0.05, 0.1) is 23.0 Å². The highest BCUT2D eigenvalue weighted by Crippen LogP contribution is 2.26. The Labute approximate surface area is 166 Å². The number of rotatable bonds is 4. The van der Waals surface area contributed by atoms with Gasteiger partial charge in [-0.1, -0.05) is 41.9 Å². The van der Waals surface area contributed by atoms with Crippen molar-refractivity contribution >= 4 is 34.6 Å². The lowest BCUT2D eigenvalue weighted by molar-refractivity contribution is 0.0956. The van der Waals surface area contributed by atoms with E-state index in [4.69, 9.17) is 16.0 Å². The molecule has 0 saturated heterocycles. The van der Waals surface area contributed by atoms with Crippen molar-refractivity contribution in [2.75, 3.05) is 0 Å². The molecule has 0 spiro atoms. The lowest BCUT2D eigenvalue weighted by Gasteiger charge is -2.09. The van der Waals surface area contributed by atoms with Crippen LogP contribution in [0.1, 0.15) is 21.9 Å². The van der Waals surface area contributed by atoms with Gasteiger partial charge < -0.3 is 4.42 Å². The number of hydrogen-bond donors (Lipinski definition) is 1. The standard InChI is InChI=1S/C22H16ClN3O2/c1-14-6-11-17(28-14)13-24-26-22(27)19-12-21(15-7-9-16(23)10-8-15)25-20-5-3-2-4-18(19)20/h2-13H,1H3,(H,26,27)/b24-13-. The van der Waals surface area contributed by atoms with Gasteiger partial charge in [0.2, 0.25) is 0 Å². The van der Waals surface area contributed by atoms with Gasteiger partial charge in [-0.15, -0.1) is 0 Å². The Morgan fingerprint density at radius 2 is 1.89 bits per heavy atom. The number of pyridine rings is 1. The van der Waals surface area contributed by atoms with E-state index < -0.39 is 0 Å². The van der Waals surface area contributed by atoms with Crippen molar-refractivity contribution in [1.29, 1.82) is 0 Å². The van der Waals surface area contributed by atoms with E-state index in [2.05, 4.69) is 15.5 Å². The Morgan fingerprint density at radius 1 is 1.11 bits per heavy atom. The van der Waals surface area contributed by atoms with E-state index in [1.54, 1.807) is 24.3 Å². The molecular formula is C22H16ClN3O2. The van der Waals surface area contributed by atoms with Crippen LogP contribution in [0.25, 0.3) is 22.2 Å². The molecule has 2 aromatic carbocycles. The van der Waals surface area contributed by atoms with Crippen LogP contribution in [-0.2, 0) is 0 Å². The lowest BCUT2D eigenvalue weighted by atomic mass is 10.0. The SMILES string of the molecule is Cc1ccc(/C=N\NC(=O)c2cc(-c3ccc(Cl)cc3)nc3ccccc23)o1. The van der Waals surface area contributed by atoms with Crippen LogP contribution < -0.4 is 5.43 Å². The fourth-order valence-electron chi connectivity index (χ4n) is 2.87. The number of aryl methyl sites for hydroxylation is 1. The molecule has 6 heteroatoms. The highest BCUT2D eigenvalue weighted by molar-refractivity contribution is 6.30. The molecule has 2 heterocycles. The van der Waals surface area contributed by atoms with Crippen LogP contribution in [0.3, 0.4) is 0 Å². The number of para-hydroxylation sites is 1. The summed E-state index contributed by atoms with van der Waals surface area (Å²) in [6.45, 7) is 1.84. The maximum absolute atomic E-state index is 12.8. The topological polar surface area (TPSA) is 67.5 Å². The summed E-state index contributed by atoms with van der Waals surface area (Å²) in [6.07, 6.45) is 1.47. The number of hydrogen-bond acceptors (Lipinski definition) is 4. The number of benzene rings is 2. The fourth-order valence-corrected chi connectivity index (χ4v) is 3.00. The minimum atomic E-state index is -0.326. The van der Waals surface area contributed by atoms with E-state index in [0.29, 0.717) is 22.0 Å². The van der Waals surface area contributed by atoms with Gasteiger partial charge in [-0.05, 0) is 43.3 Å². The molecule has 0 saturated carbocycles. The van der Waals surface area contributed by atoms with Gasteiger partial charge in [0, 0.05) is 16.0 Å². The van der Waals surface area contributed by atoms with Crippen LogP contribution in [0.4, 0.5) is 0 Å². The van der Waals surface area contributed by atoms with Crippen LogP contribution in [0.15, 0.2) is 76.2 Å². The third kappa shape index (κ3) is 3.80. The number of nitrogens with zero attached hydrogens (tertiary/aromatic N) is 2. The van der Waals surface area contributed by atoms with Gasteiger partial charge in [-0.3, -0.25) is 4.79 Å². The van der Waals surface area contributed by atoms with Crippen LogP contribution in [-0.4, -0.2) is 17.1 Å². The fraction of sp³-hybridized carbons (Fsp3) is 0.0455. The van der Waals surface area contributed by atoms with Gasteiger partial charge in [-0.2, -0.15) is 5.10 Å². The van der Waals surface area contributed by atoms with E-state index in [1.165, 1.54) is 6.21 Å². The first-order valence-electron chi connectivity index (χ1n) is 8.66. The summed E-state index contributed by atoms with van der Waals surface area (Å²) in [6, 6.07) is 20.2. The monoisotopic (exact) mass is 389 g/mol. The second-order valence-electron chi connectivity index (χ2n) is 6.23. The van der Waals surface area contributed by atoms with Crippen molar-refractivity contribution in [1.82, 2.24) is 10.4 Å². The lowest BCUT2D eigenvalue weighted by Crippen LogP contribution is -2.18. The zero-order valence-corrected chi connectivity index (χ0v) is 15.8. The summed E-state index contributed by atoms with van der Waals surface area (Å²) in [7, 11) is 0. The second kappa shape index (κ2) is 7.66. The summed E-state index contributed by atoms with van der Waals surface area (Å²) in [5.41, 5.74) is 5.34. The molecule has 0 unspecified atom stereocenters. The van der Waals surface area contributed by atoms with Gasteiger partial charge in [-0.25, -0.2) is 10.4 Å². The predicted octanol–water partition coefficient (Wildman–Crippen LogP) is 5.22. The van der Waals surface area contributed by atoms with E-state index in [-0.39, 0.29) is 5.91 Å². The normalized spacial score (nSPS) is 11.2. The molecule has 1 amide bonds. The molecule has 0 bridgehead atoms. The molecule has 0 fully saturated rings. The van der Waals surface area contributed by atoms with Gasteiger partial charge in [0.1, 0.15) is 11.5 Å². The maximum Gasteiger partial charge on any atom is 0.272 e. The number of hydrazone groups is 1. The average molecular weight is 390 g/mol. The number of carbonyl (C=O) groups is 1. The van der Waals surface area contributed by atoms with Gasteiger partial charge >= 0.3 is 0 Å². The zero-order chi connectivity index (χ0) is 19.5. The molecule has 0 atom stereocenters. The second-order valence-corrected chi connectivity index (χ2v) is 6.66. The van der Waals surface area contributed by atoms with Crippen LogP contribution >= 0.6 is 11.6 Å². The van der Waals surface area contributed by atoms with E-state index in [0.717, 1.165) is 22.2 Å². The van der Waals surface area contributed by atoms with Crippen molar-refractivity contribution in [3.63, 3.8) is 0 Å². The van der Waals surface area contributed by atoms with Crippen molar-refractivity contribution in [3.8, 4) is 11.3 Å². The summed E-state index contributed by atoms with van der Waals surface area (Å²) >= 11 is 5.98. The minimum Gasteiger partial charge on any atom is -0.460 e. The third-order valence-corrected chi connectivity index (χ3v) is 4.47. The first-order valence-corrected chi connectivity index (χ1v) is 9.03. The maximum atomic E-state index is 12.8. The molecule has 0 aliphatic rings. The van der Waals surface area contributed by atoms with Gasteiger partial charge in [0.15, 0.2) is 0 Å². The molecule has 4 rings (SSSR count). The van der Waals surface area contributed by atoms with Crippen LogP contribution in [0.2, 0.25) is 5.02 Å². The summed E-state index contributed by atoms with van der Waals surface area (Å²) in [5.74, 6) is 1.02. The van der Waals surface area contributed by atoms with Gasteiger partial charge in [0.25, 0.3) is 5.91 Å². The van der Waals surface area contributed by atoms with E-state index >= 15 is 0 Å². The molecule has 0 aliphatic carbocycles. The first kappa shape index (κ1) is 17.9. The number of nitrogens with one attached hydrogen (secondary N) is 1. The molecule has 2 aromatic heterocycles. The Morgan fingerprint density at radius 3 is 2.64 bits per heavy atom. The van der Waals surface area contributed by atoms with Crippen LogP contribution in [0, 0.1) is 6.92 Å². The smallest absolute Gasteiger partial charge is 0.272 e. The van der Waals surface area contributed by atoms with Crippen molar-refractivity contribution in [3.05, 3.63) is 88.8 Å². The highest BCUT2D eigenvalue weighted by Gasteiger charge is 2.13. The Bertz CT molecular complexity index is 1180. The highest BCUT2D eigenvalue weighted by atomic mass is 35.5. The van der Waals surface area contributed by atoms with Crippen LogP contribution in [0.5, 0.6) is 0 Å². The summed E-state index contributed by atoms with van der Waals surface area (Å²) in [5, 5.41) is 5.39.